The summed E-state index contributed by atoms with van der Waals surface area (Å²) >= 11 is 1.31. The number of nitrogens with one attached hydrogen (secondary N) is 1. The summed E-state index contributed by atoms with van der Waals surface area (Å²) in [4.78, 5) is 29.5. The van der Waals surface area contributed by atoms with Gasteiger partial charge < -0.3 is 10.1 Å². The summed E-state index contributed by atoms with van der Waals surface area (Å²) in [7, 11) is 0. The van der Waals surface area contributed by atoms with Crippen LogP contribution in [0.5, 0.6) is 0 Å². The molecule has 0 aliphatic rings. The molecule has 0 atom stereocenters. The molecular weight excluding hydrogens is 396 g/mol. The van der Waals surface area contributed by atoms with Gasteiger partial charge in [0.25, 0.3) is 0 Å². The second-order valence-electron chi connectivity index (χ2n) is 6.67. The fraction of sp³-hybridized carbons (Fsp3) is 0.125. The van der Waals surface area contributed by atoms with Gasteiger partial charge in [-0.05, 0) is 41.0 Å². The Labute approximate surface area is 178 Å². The molecule has 6 heteroatoms. The van der Waals surface area contributed by atoms with Gasteiger partial charge in [0, 0.05) is 23.3 Å². The van der Waals surface area contributed by atoms with Crippen LogP contribution in [-0.2, 0) is 16.0 Å². The van der Waals surface area contributed by atoms with Crippen LogP contribution < -0.4 is 5.32 Å². The highest BCUT2D eigenvalue weighted by Crippen LogP contribution is 2.36. The monoisotopic (exact) mass is 416 g/mol. The summed E-state index contributed by atoms with van der Waals surface area (Å²) in [6, 6.07) is 17.5. The maximum atomic E-state index is 12.8. The van der Waals surface area contributed by atoms with Crippen LogP contribution in [0.3, 0.4) is 0 Å². The number of nitrogens with zero attached hydrogens (tertiary/aromatic N) is 1. The first-order chi connectivity index (χ1) is 14.7. The molecule has 1 amide bonds. The molecule has 2 aromatic heterocycles. The van der Waals surface area contributed by atoms with E-state index in [0.717, 1.165) is 27.5 Å². The molecule has 0 spiro atoms. The minimum atomic E-state index is -0.453. The first-order valence-corrected chi connectivity index (χ1v) is 10.5. The molecule has 0 bridgehead atoms. The minimum Gasteiger partial charge on any atom is -0.462 e. The fourth-order valence-corrected chi connectivity index (χ4v) is 4.36. The molecule has 150 valence electrons. The average Bonchev–Trinajstić information content (AvgIpc) is 3.18. The lowest BCUT2D eigenvalue weighted by Crippen LogP contribution is -2.16. The third kappa shape index (κ3) is 4.09. The Morgan fingerprint density at radius 2 is 1.80 bits per heavy atom. The number of anilines is 1. The number of pyridine rings is 1. The third-order valence-electron chi connectivity index (χ3n) is 4.75. The fourth-order valence-electron chi connectivity index (χ4n) is 3.39. The van der Waals surface area contributed by atoms with E-state index in [9.17, 15) is 9.59 Å². The lowest BCUT2D eigenvalue weighted by molar-refractivity contribution is -0.115. The van der Waals surface area contributed by atoms with E-state index in [1.54, 1.807) is 19.3 Å². The maximum Gasteiger partial charge on any atom is 0.341 e. The van der Waals surface area contributed by atoms with E-state index < -0.39 is 5.97 Å². The van der Waals surface area contributed by atoms with Gasteiger partial charge in [0.05, 0.1) is 13.0 Å². The van der Waals surface area contributed by atoms with E-state index in [-0.39, 0.29) is 18.9 Å². The van der Waals surface area contributed by atoms with Crippen LogP contribution in [0.25, 0.3) is 21.9 Å². The highest BCUT2D eigenvalue weighted by Gasteiger charge is 2.23. The van der Waals surface area contributed by atoms with Gasteiger partial charge in [-0.15, -0.1) is 11.3 Å². The summed E-state index contributed by atoms with van der Waals surface area (Å²) in [5.74, 6) is -0.633. The van der Waals surface area contributed by atoms with Crippen LogP contribution in [0, 0.1) is 0 Å². The molecule has 0 aliphatic carbocycles. The van der Waals surface area contributed by atoms with E-state index >= 15 is 0 Å². The molecule has 0 fully saturated rings. The third-order valence-corrected chi connectivity index (χ3v) is 5.64. The molecule has 1 N–H and O–H groups in total. The predicted octanol–water partition coefficient (Wildman–Crippen LogP) is 5.32. The predicted molar refractivity (Wildman–Crippen MR) is 120 cm³/mol. The minimum absolute atomic E-state index is 0.181. The summed E-state index contributed by atoms with van der Waals surface area (Å²) in [6.45, 7) is 2.02. The number of esters is 1. The number of aromatic nitrogens is 1. The van der Waals surface area contributed by atoms with E-state index in [2.05, 4.69) is 10.3 Å². The van der Waals surface area contributed by atoms with Crippen LogP contribution in [0.15, 0.2) is 72.4 Å². The lowest BCUT2D eigenvalue weighted by atomic mass is 10.0. The van der Waals surface area contributed by atoms with Crippen molar-refractivity contribution in [3.63, 3.8) is 0 Å². The van der Waals surface area contributed by atoms with Crippen molar-refractivity contribution in [2.75, 3.05) is 11.9 Å². The summed E-state index contributed by atoms with van der Waals surface area (Å²) < 4.78 is 5.25. The van der Waals surface area contributed by atoms with Gasteiger partial charge in [0.1, 0.15) is 10.6 Å². The number of benzene rings is 2. The van der Waals surface area contributed by atoms with E-state index in [0.29, 0.717) is 10.6 Å². The van der Waals surface area contributed by atoms with Crippen LogP contribution >= 0.6 is 11.3 Å². The number of hydrogen-bond donors (Lipinski definition) is 1. The smallest absolute Gasteiger partial charge is 0.341 e. The summed E-state index contributed by atoms with van der Waals surface area (Å²) in [6.07, 6.45) is 3.55. The van der Waals surface area contributed by atoms with Gasteiger partial charge in [-0.25, -0.2) is 4.79 Å². The van der Waals surface area contributed by atoms with E-state index in [4.69, 9.17) is 4.74 Å². The SMILES string of the molecule is CCOC(=O)c1c(-c2ccncc2)csc1NC(=O)Cc1cccc2ccccc12. The number of amides is 1. The van der Waals surface area contributed by atoms with Crippen LogP contribution in [0.1, 0.15) is 22.8 Å². The highest BCUT2D eigenvalue weighted by molar-refractivity contribution is 7.15. The van der Waals surface area contributed by atoms with Crippen molar-refractivity contribution >= 4 is 39.0 Å². The van der Waals surface area contributed by atoms with Crippen molar-refractivity contribution in [2.24, 2.45) is 0 Å². The summed E-state index contributed by atoms with van der Waals surface area (Å²) in [5.41, 5.74) is 2.88. The molecule has 0 unspecified atom stereocenters. The van der Waals surface area contributed by atoms with Gasteiger partial charge in [0.15, 0.2) is 0 Å². The van der Waals surface area contributed by atoms with Crippen LogP contribution in [0.4, 0.5) is 5.00 Å². The second-order valence-corrected chi connectivity index (χ2v) is 7.55. The van der Waals surface area contributed by atoms with Crippen molar-refractivity contribution in [1.82, 2.24) is 4.98 Å². The number of rotatable bonds is 6. The quantitative estimate of drug-likeness (QED) is 0.432. The Bertz CT molecular complexity index is 1200. The number of hydrogen-bond acceptors (Lipinski definition) is 5. The molecule has 4 aromatic rings. The first kappa shape index (κ1) is 19.8. The number of carbonyl (C=O) groups excluding carboxylic acids is 2. The number of ether oxygens (including phenoxy) is 1. The molecule has 2 heterocycles. The van der Waals surface area contributed by atoms with Crippen molar-refractivity contribution < 1.29 is 14.3 Å². The zero-order valence-electron chi connectivity index (χ0n) is 16.4. The first-order valence-electron chi connectivity index (χ1n) is 9.63. The molecule has 5 nitrogen and oxygen atoms in total. The molecule has 30 heavy (non-hydrogen) atoms. The highest BCUT2D eigenvalue weighted by atomic mass is 32.1. The Kier molecular flexibility index (Phi) is 5.86. The van der Waals surface area contributed by atoms with Crippen molar-refractivity contribution in [3.05, 3.63) is 83.5 Å². The Hall–Kier alpha value is -3.51. The van der Waals surface area contributed by atoms with Crippen molar-refractivity contribution in [3.8, 4) is 11.1 Å². The summed E-state index contributed by atoms with van der Waals surface area (Å²) in [5, 5.41) is 7.40. The van der Waals surface area contributed by atoms with Gasteiger partial charge >= 0.3 is 5.97 Å². The normalized spacial score (nSPS) is 10.7. The number of carbonyl (C=O) groups is 2. The topological polar surface area (TPSA) is 68.3 Å². The van der Waals surface area contributed by atoms with Crippen LogP contribution in [0.2, 0.25) is 0 Å². The zero-order valence-corrected chi connectivity index (χ0v) is 17.2. The standard InChI is InChI=1S/C24H20N2O3S/c1-2-29-24(28)22-20(17-10-12-25-13-11-17)15-30-23(22)26-21(27)14-18-8-5-7-16-6-3-4-9-19(16)18/h3-13,15H,2,14H2,1H3,(H,26,27). The molecule has 0 saturated carbocycles. The Morgan fingerprint density at radius 1 is 1.03 bits per heavy atom. The molecule has 0 radical (unpaired) electrons. The van der Waals surface area contributed by atoms with Gasteiger partial charge in [-0.2, -0.15) is 0 Å². The number of thiophene rings is 1. The largest absolute Gasteiger partial charge is 0.462 e. The number of fused-ring (bicyclic) bond motifs is 1. The second kappa shape index (κ2) is 8.88. The molecule has 0 aliphatic heterocycles. The molecular formula is C24H20N2O3S. The average molecular weight is 417 g/mol. The zero-order chi connectivity index (χ0) is 20.9. The molecule has 2 aromatic carbocycles. The maximum absolute atomic E-state index is 12.8. The van der Waals surface area contributed by atoms with E-state index in [1.807, 2.05) is 60.0 Å². The molecule has 4 rings (SSSR count). The van der Waals surface area contributed by atoms with Crippen LogP contribution in [-0.4, -0.2) is 23.5 Å². The van der Waals surface area contributed by atoms with Crippen molar-refractivity contribution in [1.29, 1.82) is 0 Å². The molecule has 0 saturated heterocycles. The van der Waals surface area contributed by atoms with Gasteiger partial charge in [-0.3, -0.25) is 9.78 Å². The Morgan fingerprint density at radius 3 is 2.60 bits per heavy atom. The lowest BCUT2D eigenvalue weighted by Gasteiger charge is -2.10. The Balaban J connectivity index is 1.63. The van der Waals surface area contributed by atoms with Crippen molar-refractivity contribution in [2.45, 2.75) is 13.3 Å². The van der Waals surface area contributed by atoms with Gasteiger partial charge in [0.2, 0.25) is 5.91 Å². The van der Waals surface area contributed by atoms with Gasteiger partial charge in [-0.1, -0.05) is 42.5 Å². The van der Waals surface area contributed by atoms with E-state index in [1.165, 1.54) is 11.3 Å².